The summed E-state index contributed by atoms with van der Waals surface area (Å²) < 4.78 is 32.3. The molecule has 5 heteroatoms. The highest BCUT2D eigenvalue weighted by Gasteiger charge is 2.31. The minimum absolute atomic E-state index is 0.884. The van der Waals surface area contributed by atoms with Crippen LogP contribution >= 0.6 is 10.7 Å². The van der Waals surface area contributed by atoms with Gasteiger partial charge in [0.15, 0.2) is 0 Å². The molecule has 0 spiro atoms. The molecule has 0 amide bonds. The Kier molecular flexibility index (Phi) is 1.88. The molecule has 0 aromatic rings. The van der Waals surface area contributed by atoms with Crippen LogP contribution in [0, 0.1) is 0 Å². The molecule has 8 heavy (non-hydrogen) atoms. The smallest absolute Gasteiger partial charge is 0.226 e. The van der Waals surface area contributed by atoms with Crippen LogP contribution in [-0.2, 0) is 9.05 Å². The Labute approximate surface area is 52.1 Å². The highest BCUT2D eigenvalue weighted by Crippen LogP contribution is 2.20. The summed E-state index contributed by atoms with van der Waals surface area (Å²) in [6, 6.07) is 0. The zero-order valence-corrected chi connectivity index (χ0v) is 6.05. The summed E-state index contributed by atoms with van der Waals surface area (Å²) in [4.78, 5) is 0. The first-order valence-electron chi connectivity index (χ1n) is 1.88. The molecule has 0 fully saturated rings. The summed E-state index contributed by atoms with van der Waals surface area (Å²) in [6.07, 6.45) is 0. The van der Waals surface area contributed by atoms with Crippen LogP contribution < -0.4 is 0 Å². The van der Waals surface area contributed by atoms with Gasteiger partial charge in [-0.25, -0.2) is 12.8 Å². The molecule has 0 unspecified atom stereocenters. The topological polar surface area (TPSA) is 34.1 Å². The van der Waals surface area contributed by atoms with Gasteiger partial charge in [-0.3, -0.25) is 0 Å². The number of halogens is 2. The Morgan fingerprint density at radius 2 is 1.62 bits per heavy atom. The maximum atomic E-state index is 12.2. The third kappa shape index (κ3) is 1.96. The van der Waals surface area contributed by atoms with Gasteiger partial charge in [0.25, 0.3) is 9.05 Å². The average molecular weight is 161 g/mol. The molecule has 0 aromatic carbocycles. The maximum Gasteiger partial charge on any atom is 0.267 e. The molecule has 2 nitrogen and oxygen atoms in total. The van der Waals surface area contributed by atoms with E-state index in [0.29, 0.717) is 0 Å². The van der Waals surface area contributed by atoms with Gasteiger partial charge in [-0.05, 0) is 13.8 Å². The Morgan fingerprint density at radius 3 is 1.62 bits per heavy atom. The van der Waals surface area contributed by atoms with Crippen molar-refractivity contribution in [1.82, 2.24) is 0 Å². The summed E-state index contributed by atoms with van der Waals surface area (Å²) in [6.45, 7) is 1.77. The van der Waals surface area contributed by atoms with Crippen molar-refractivity contribution in [1.29, 1.82) is 0 Å². The van der Waals surface area contributed by atoms with E-state index in [1.54, 1.807) is 0 Å². The molecular weight excluding hydrogens is 155 g/mol. The lowest BCUT2D eigenvalue weighted by Gasteiger charge is -2.06. The van der Waals surface area contributed by atoms with Gasteiger partial charge in [0, 0.05) is 10.7 Å². The molecule has 0 heterocycles. The van der Waals surface area contributed by atoms with Gasteiger partial charge in [-0.15, -0.1) is 0 Å². The molecule has 0 saturated heterocycles. The zero-order chi connectivity index (χ0) is 7.00. The monoisotopic (exact) mass is 160 g/mol. The second-order valence-corrected chi connectivity index (χ2v) is 4.87. The molecule has 0 aliphatic carbocycles. The Balaban J connectivity index is 4.53. The lowest BCUT2D eigenvalue weighted by Crippen LogP contribution is -2.20. The molecule has 0 aliphatic rings. The fraction of sp³-hybridized carbons (Fsp3) is 1.00. The molecule has 0 N–H and O–H groups in total. The van der Waals surface area contributed by atoms with Gasteiger partial charge in [-0.2, -0.15) is 0 Å². The van der Waals surface area contributed by atoms with Gasteiger partial charge < -0.3 is 0 Å². The lowest BCUT2D eigenvalue weighted by atomic mass is 10.5. The third-order valence-electron chi connectivity index (χ3n) is 0.580. The fourth-order valence-corrected chi connectivity index (χ4v) is 0. The van der Waals surface area contributed by atoms with Crippen molar-refractivity contribution in [2.75, 3.05) is 0 Å². The quantitative estimate of drug-likeness (QED) is 0.542. The Hall–Kier alpha value is 0.170. The highest BCUT2D eigenvalue weighted by atomic mass is 35.7. The first kappa shape index (κ1) is 8.17. The van der Waals surface area contributed by atoms with Gasteiger partial charge in [-0.1, -0.05) is 0 Å². The normalized spacial score (nSPS) is 14.0. The van der Waals surface area contributed by atoms with Crippen molar-refractivity contribution < 1.29 is 12.8 Å². The van der Waals surface area contributed by atoms with Crippen molar-refractivity contribution in [3.8, 4) is 0 Å². The molecule has 0 aromatic heterocycles. The van der Waals surface area contributed by atoms with E-state index in [-0.39, 0.29) is 0 Å². The SMILES string of the molecule is CC(C)(F)S(=O)(=O)Cl. The number of hydrogen-bond donors (Lipinski definition) is 0. The van der Waals surface area contributed by atoms with Crippen LogP contribution in [0.3, 0.4) is 0 Å². The summed E-state index contributed by atoms with van der Waals surface area (Å²) in [5.74, 6) is 0. The zero-order valence-electron chi connectivity index (χ0n) is 4.48. The summed E-state index contributed by atoms with van der Waals surface area (Å²) in [5.41, 5.74) is 0. The van der Waals surface area contributed by atoms with Gasteiger partial charge in [0.1, 0.15) is 0 Å². The second-order valence-electron chi connectivity index (χ2n) is 1.80. The second kappa shape index (κ2) is 1.84. The minimum atomic E-state index is -4.03. The first-order valence-corrected chi connectivity index (χ1v) is 4.19. The van der Waals surface area contributed by atoms with Crippen molar-refractivity contribution in [2.45, 2.75) is 18.8 Å². The van der Waals surface area contributed by atoms with E-state index in [1.165, 1.54) is 0 Å². The van der Waals surface area contributed by atoms with E-state index >= 15 is 0 Å². The van der Waals surface area contributed by atoms with Crippen LogP contribution in [0.2, 0.25) is 0 Å². The predicted molar refractivity (Wildman–Crippen MR) is 30.0 cm³/mol. The van der Waals surface area contributed by atoms with Crippen molar-refractivity contribution in [3.63, 3.8) is 0 Å². The molecule has 0 bridgehead atoms. The summed E-state index contributed by atoms with van der Waals surface area (Å²) >= 11 is 0. The van der Waals surface area contributed by atoms with Crippen molar-refractivity contribution in [3.05, 3.63) is 0 Å². The number of rotatable bonds is 1. The fourth-order valence-electron chi connectivity index (χ4n) is 0. The van der Waals surface area contributed by atoms with Crippen LogP contribution in [0.1, 0.15) is 13.8 Å². The van der Waals surface area contributed by atoms with E-state index < -0.39 is 14.1 Å². The van der Waals surface area contributed by atoms with E-state index in [1.807, 2.05) is 0 Å². The molecule has 0 saturated carbocycles. The van der Waals surface area contributed by atoms with Gasteiger partial charge in [0.05, 0.1) is 0 Å². The van der Waals surface area contributed by atoms with Gasteiger partial charge >= 0.3 is 0 Å². The first-order chi connectivity index (χ1) is 3.25. The highest BCUT2D eigenvalue weighted by molar-refractivity contribution is 8.14. The average Bonchev–Trinajstić information content (AvgIpc) is 1.25. The molecule has 0 aliphatic heterocycles. The van der Waals surface area contributed by atoms with E-state index in [2.05, 4.69) is 10.7 Å². The summed E-state index contributed by atoms with van der Waals surface area (Å²) in [5, 5.41) is -2.32. The van der Waals surface area contributed by atoms with E-state index in [4.69, 9.17) is 0 Å². The lowest BCUT2D eigenvalue weighted by molar-refractivity contribution is 0.324. The van der Waals surface area contributed by atoms with Crippen LogP contribution in [0.4, 0.5) is 4.39 Å². The van der Waals surface area contributed by atoms with Crippen LogP contribution in [0.15, 0.2) is 0 Å². The van der Waals surface area contributed by atoms with E-state index in [9.17, 15) is 12.8 Å². The number of alkyl halides is 1. The van der Waals surface area contributed by atoms with Gasteiger partial charge in [0.2, 0.25) is 5.00 Å². The molecular formula is C3H6ClFO2S. The summed E-state index contributed by atoms with van der Waals surface area (Å²) in [7, 11) is 0.572. The molecule has 50 valence electrons. The van der Waals surface area contributed by atoms with Crippen LogP contribution in [-0.4, -0.2) is 13.4 Å². The largest absolute Gasteiger partial charge is 0.267 e. The third-order valence-corrected chi connectivity index (χ3v) is 2.84. The molecule has 0 atom stereocenters. The Bertz CT molecular complexity index is 166. The number of hydrogen-bond acceptors (Lipinski definition) is 2. The van der Waals surface area contributed by atoms with Crippen molar-refractivity contribution in [2.24, 2.45) is 0 Å². The minimum Gasteiger partial charge on any atom is -0.226 e. The van der Waals surface area contributed by atoms with Crippen LogP contribution in [0.25, 0.3) is 0 Å². The standard InChI is InChI=1S/C3H6ClFO2S/c1-3(2,5)8(4,6)7/h1-2H3. The molecule has 0 radical (unpaired) electrons. The Morgan fingerprint density at radius 1 is 1.50 bits per heavy atom. The van der Waals surface area contributed by atoms with Crippen molar-refractivity contribution >= 4 is 19.7 Å². The van der Waals surface area contributed by atoms with Crippen LogP contribution in [0.5, 0.6) is 0 Å². The maximum absolute atomic E-state index is 12.2. The predicted octanol–water partition coefficient (Wildman–Crippen LogP) is 1.26. The molecule has 0 rings (SSSR count). The van der Waals surface area contributed by atoms with E-state index in [0.717, 1.165) is 13.8 Å².